The van der Waals surface area contributed by atoms with Gasteiger partial charge < -0.3 is 10.0 Å². The van der Waals surface area contributed by atoms with Gasteiger partial charge >= 0.3 is 11.4 Å². The number of benzene rings is 5. The standard InChI is InChI=1S/C46H36N4O9/c1-47(2)41-36(49(56)57)21-28(22-37(41)50(58)59)48-44(54)31-20-19-30-34(39(31)45(48)55)23-35-43(53)33(25-11-5-3-6-12-25)24-38(51)46(35,27-14-7-4-8-15-27)40(30)32-18-17-26-13-9-10-16-29(26)42(32)52/h3-19,21-22,24,31,34-35,39-40,52H,20,23H2,1-2H3. The van der Waals surface area contributed by atoms with Gasteiger partial charge in [0.05, 0.1) is 32.8 Å². The lowest BCUT2D eigenvalue weighted by Crippen LogP contribution is -2.58. The molecule has 0 radical (unpaired) electrons. The number of amides is 2. The van der Waals surface area contributed by atoms with E-state index in [4.69, 9.17) is 0 Å². The highest BCUT2D eigenvalue weighted by atomic mass is 16.6. The fraction of sp³-hybridized carbons (Fsp3) is 0.217. The Balaban J connectivity index is 1.27. The molecule has 2 fully saturated rings. The minimum atomic E-state index is -1.58. The molecule has 9 rings (SSSR count). The number of ketones is 2. The summed E-state index contributed by atoms with van der Waals surface area (Å²) in [5, 5.41) is 38.1. The van der Waals surface area contributed by atoms with E-state index in [0.717, 1.165) is 22.4 Å². The van der Waals surface area contributed by atoms with Gasteiger partial charge in [0.15, 0.2) is 17.3 Å². The van der Waals surface area contributed by atoms with Crippen molar-refractivity contribution in [2.75, 3.05) is 23.9 Å². The van der Waals surface area contributed by atoms with Gasteiger partial charge in [-0.05, 0) is 41.3 Å². The van der Waals surface area contributed by atoms with E-state index in [9.17, 15) is 34.9 Å². The zero-order chi connectivity index (χ0) is 41.5. The Bertz CT molecular complexity index is 2710. The number of phenolic OH excluding ortho intramolecular Hbond substituents is 1. The summed E-state index contributed by atoms with van der Waals surface area (Å²) in [5.41, 5.74) is -1.20. The molecule has 1 saturated carbocycles. The predicted octanol–water partition coefficient (Wildman–Crippen LogP) is 7.46. The Morgan fingerprint density at radius 3 is 2.05 bits per heavy atom. The highest BCUT2D eigenvalue weighted by Gasteiger charge is 2.66. The summed E-state index contributed by atoms with van der Waals surface area (Å²) in [6.45, 7) is 0. The first-order chi connectivity index (χ1) is 28.4. The van der Waals surface area contributed by atoms with E-state index in [1.54, 1.807) is 72.8 Å². The summed E-state index contributed by atoms with van der Waals surface area (Å²) in [7, 11) is 2.84. The topological polar surface area (TPSA) is 181 Å². The summed E-state index contributed by atoms with van der Waals surface area (Å²) < 4.78 is 0. The molecule has 0 spiro atoms. The molecule has 5 aromatic rings. The van der Waals surface area contributed by atoms with Crippen molar-refractivity contribution >= 4 is 62.5 Å². The van der Waals surface area contributed by atoms with E-state index in [2.05, 4.69) is 0 Å². The zero-order valence-electron chi connectivity index (χ0n) is 31.9. The van der Waals surface area contributed by atoms with Crippen molar-refractivity contribution in [3.63, 3.8) is 0 Å². The maximum Gasteiger partial charge on any atom is 0.301 e. The summed E-state index contributed by atoms with van der Waals surface area (Å²) >= 11 is 0. The van der Waals surface area contributed by atoms with E-state index >= 15 is 9.59 Å². The van der Waals surface area contributed by atoms with Crippen molar-refractivity contribution in [3.05, 3.63) is 164 Å². The molecule has 5 aromatic carbocycles. The minimum Gasteiger partial charge on any atom is -0.507 e. The molecule has 6 unspecified atom stereocenters. The van der Waals surface area contributed by atoms with Crippen LogP contribution < -0.4 is 9.80 Å². The number of phenols is 1. The van der Waals surface area contributed by atoms with Gasteiger partial charge in [0.25, 0.3) is 0 Å². The number of Topliss-reactive ketones (excluding diaryl/α,β-unsaturated/α-hetero) is 1. The van der Waals surface area contributed by atoms with Crippen LogP contribution in [0, 0.1) is 43.9 Å². The first kappa shape index (κ1) is 37.3. The Morgan fingerprint density at radius 2 is 1.41 bits per heavy atom. The molecular formula is C46H36N4O9. The van der Waals surface area contributed by atoms with Gasteiger partial charge in [-0.3, -0.25) is 39.4 Å². The van der Waals surface area contributed by atoms with Gasteiger partial charge in [-0.15, -0.1) is 0 Å². The van der Waals surface area contributed by atoms with Crippen molar-refractivity contribution < 1.29 is 34.1 Å². The number of imide groups is 1. The maximum atomic E-state index is 15.4. The molecule has 1 aliphatic heterocycles. The molecule has 13 heteroatoms. The Morgan fingerprint density at radius 1 is 0.780 bits per heavy atom. The number of allylic oxidation sites excluding steroid dienone is 4. The summed E-state index contributed by atoms with van der Waals surface area (Å²) in [4.78, 5) is 85.0. The molecule has 1 N–H and O–H groups in total. The monoisotopic (exact) mass is 788 g/mol. The third-order valence-corrected chi connectivity index (χ3v) is 12.8. The van der Waals surface area contributed by atoms with Gasteiger partial charge in [-0.2, -0.15) is 0 Å². The molecule has 59 heavy (non-hydrogen) atoms. The maximum absolute atomic E-state index is 15.4. The Kier molecular flexibility index (Phi) is 8.65. The van der Waals surface area contributed by atoms with E-state index < -0.39 is 68.0 Å². The molecule has 294 valence electrons. The number of hydrogen-bond acceptors (Lipinski definition) is 10. The number of hydrogen-bond donors (Lipinski definition) is 1. The normalized spacial score (nSPS) is 24.8. The van der Waals surface area contributed by atoms with E-state index in [1.165, 1.54) is 25.1 Å². The van der Waals surface area contributed by atoms with Crippen molar-refractivity contribution in [1.29, 1.82) is 0 Å². The van der Waals surface area contributed by atoms with Crippen molar-refractivity contribution in [2.24, 2.45) is 23.7 Å². The van der Waals surface area contributed by atoms with Crippen LogP contribution in [0.15, 0.2) is 127 Å². The fourth-order valence-electron chi connectivity index (χ4n) is 10.4. The Hall–Kier alpha value is -7.28. The van der Waals surface area contributed by atoms with Gasteiger partial charge in [0.1, 0.15) is 5.75 Å². The first-order valence-corrected chi connectivity index (χ1v) is 19.2. The number of aromatic hydroxyl groups is 1. The van der Waals surface area contributed by atoms with Gasteiger partial charge in [0.2, 0.25) is 11.8 Å². The second-order valence-electron chi connectivity index (χ2n) is 15.8. The second kappa shape index (κ2) is 13.7. The van der Waals surface area contributed by atoms with E-state index in [0.29, 0.717) is 27.6 Å². The SMILES string of the molecule is CN(C)c1c([N+](=O)[O-])cc(N2C(=O)C3CC=C4C(CC5C(=O)C(c6ccccc6)=CC(=O)C5(c5ccccc5)C4c4ccc5ccccc5c4O)C3C2=O)cc1[N+](=O)[O-]. The number of nitrogens with zero attached hydrogens (tertiary/aromatic N) is 4. The third-order valence-electron chi connectivity index (χ3n) is 12.8. The van der Waals surface area contributed by atoms with Crippen molar-refractivity contribution in [1.82, 2.24) is 0 Å². The molecule has 1 heterocycles. The average Bonchev–Trinajstić information content (AvgIpc) is 3.50. The summed E-state index contributed by atoms with van der Waals surface area (Å²) in [6, 6.07) is 30.7. The van der Waals surface area contributed by atoms with Crippen LogP contribution in [-0.2, 0) is 24.6 Å². The zero-order valence-corrected chi connectivity index (χ0v) is 31.9. The number of nitro groups is 2. The predicted molar refractivity (Wildman–Crippen MR) is 219 cm³/mol. The number of nitro benzene ring substituents is 2. The molecule has 1 saturated heterocycles. The second-order valence-corrected chi connectivity index (χ2v) is 15.8. The molecule has 2 amide bonds. The van der Waals surface area contributed by atoms with Crippen LogP contribution in [0.2, 0.25) is 0 Å². The van der Waals surface area contributed by atoms with E-state index in [1.807, 2.05) is 30.3 Å². The fourth-order valence-corrected chi connectivity index (χ4v) is 10.4. The van der Waals surface area contributed by atoms with Crippen molar-refractivity contribution in [3.8, 4) is 5.75 Å². The number of carbonyl (C=O) groups excluding carboxylic acids is 4. The highest BCUT2D eigenvalue weighted by Crippen LogP contribution is 2.65. The lowest BCUT2D eigenvalue weighted by molar-refractivity contribution is -0.392. The minimum absolute atomic E-state index is 0.0196. The molecule has 0 aromatic heterocycles. The summed E-state index contributed by atoms with van der Waals surface area (Å²) in [5.74, 6) is -7.11. The largest absolute Gasteiger partial charge is 0.507 e. The molecule has 0 bridgehead atoms. The van der Waals surface area contributed by atoms with Crippen LogP contribution in [0.25, 0.3) is 16.3 Å². The molecule has 3 aliphatic carbocycles. The van der Waals surface area contributed by atoms with Crippen LogP contribution in [0.1, 0.15) is 35.4 Å². The van der Waals surface area contributed by atoms with Crippen LogP contribution in [-0.4, -0.2) is 52.4 Å². The number of carbonyl (C=O) groups is 4. The van der Waals surface area contributed by atoms with Crippen molar-refractivity contribution in [2.45, 2.75) is 24.2 Å². The molecular weight excluding hydrogens is 753 g/mol. The third kappa shape index (κ3) is 5.37. The van der Waals surface area contributed by atoms with Crippen LogP contribution in [0.5, 0.6) is 5.75 Å². The number of anilines is 2. The Labute approximate surface area is 337 Å². The first-order valence-electron chi connectivity index (χ1n) is 19.2. The lowest BCUT2D eigenvalue weighted by Gasteiger charge is -2.55. The van der Waals surface area contributed by atoms with Crippen LogP contribution >= 0.6 is 0 Å². The molecule has 13 nitrogen and oxygen atoms in total. The van der Waals surface area contributed by atoms with Gasteiger partial charge in [-0.1, -0.05) is 109 Å². The van der Waals surface area contributed by atoms with Gasteiger partial charge in [-0.25, -0.2) is 4.90 Å². The molecule has 4 aliphatic rings. The highest BCUT2D eigenvalue weighted by molar-refractivity contribution is 6.32. The number of rotatable bonds is 7. The molecule has 6 atom stereocenters. The number of fused-ring (bicyclic) bond motifs is 5. The quantitative estimate of drug-likeness (QED) is 0.0753. The smallest absolute Gasteiger partial charge is 0.301 e. The summed E-state index contributed by atoms with van der Waals surface area (Å²) in [6.07, 6.45) is 3.26. The lowest BCUT2D eigenvalue weighted by atomic mass is 9.44. The van der Waals surface area contributed by atoms with Crippen LogP contribution in [0.3, 0.4) is 0 Å². The van der Waals surface area contributed by atoms with Crippen LogP contribution in [0.4, 0.5) is 22.7 Å². The van der Waals surface area contributed by atoms with E-state index in [-0.39, 0.29) is 47.1 Å². The van der Waals surface area contributed by atoms with Gasteiger partial charge in [0, 0.05) is 54.6 Å². The average molecular weight is 789 g/mol.